The van der Waals surface area contributed by atoms with E-state index in [9.17, 15) is 0 Å². The van der Waals surface area contributed by atoms with Gasteiger partial charge in [0, 0.05) is 42.1 Å². The molecule has 2 heterocycles. The van der Waals surface area contributed by atoms with Gasteiger partial charge in [0.2, 0.25) is 0 Å². The predicted octanol–water partition coefficient (Wildman–Crippen LogP) is 3.14. The van der Waals surface area contributed by atoms with Crippen molar-refractivity contribution in [2.45, 2.75) is 32.1 Å². The van der Waals surface area contributed by atoms with Crippen LogP contribution < -0.4 is 0 Å². The second-order valence-corrected chi connectivity index (χ2v) is 5.40. The molecule has 98 valence electrons. The second kappa shape index (κ2) is 7.56. The monoisotopic (exact) mass is 358 g/mol. The Hall–Kier alpha value is -0.850. The van der Waals surface area contributed by atoms with E-state index < -0.39 is 0 Å². The molecule has 0 aromatic carbocycles. The highest BCUT2D eigenvalue weighted by Gasteiger charge is 2.08. The topological polar surface area (TPSA) is 57.4 Å². The number of nitrogens with one attached hydrogen (secondary N) is 2. The van der Waals surface area contributed by atoms with Crippen molar-refractivity contribution in [3.8, 4) is 0 Å². The van der Waals surface area contributed by atoms with Gasteiger partial charge in [-0.1, -0.05) is 22.6 Å². The van der Waals surface area contributed by atoms with Crippen molar-refractivity contribution < 1.29 is 0 Å². The molecule has 0 spiro atoms. The van der Waals surface area contributed by atoms with Gasteiger partial charge in [-0.15, -0.1) is 0 Å². The molecule has 18 heavy (non-hydrogen) atoms. The third-order valence-corrected chi connectivity index (χ3v) is 4.39. The lowest BCUT2D eigenvalue weighted by molar-refractivity contribution is 0.481. The third kappa shape index (κ3) is 4.44. The Labute approximate surface area is 121 Å². The van der Waals surface area contributed by atoms with Gasteiger partial charge in [0.15, 0.2) is 0 Å². The van der Waals surface area contributed by atoms with E-state index in [4.69, 9.17) is 0 Å². The lowest BCUT2D eigenvalue weighted by atomic mass is 9.98. The number of halogens is 1. The lowest BCUT2D eigenvalue weighted by Gasteiger charge is -2.12. The maximum Gasteiger partial charge on any atom is 0.106 e. The van der Waals surface area contributed by atoms with Crippen molar-refractivity contribution in [2.24, 2.45) is 5.92 Å². The molecule has 1 unspecified atom stereocenters. The Morgan fingerprint density at radius 3 is 2.22 bits per heavy atom. The second-order valence-electron chi connectivity index (χ2n) is 4.52. The summed E-state index contributed by atoms with van der Waals surface area (Å²) in [5.41, 5.74) is 0. The molecule has 2 aromatic heterocycles. The quantitative estimate of drug-likeness (QED) is 0.563. The van der Waals surface area contributed by atoms with Crippen LogP contribution in [0.2, 0.25) is 0 Å². The van der Waals surface area contributed by atoms with E-state index in [-0.39, 0.29) is 0 Å². The van der Waals surface area contributed by atoms with E-state index >= 15 is 0 Å². The molecule has 1 atom stereocenters. The number of imidazole rings is 2. The first-order valence-corrected chi connectivity index (χ1v) is 7.93. The van der Waals surface area contributed by atoms with Crippen molar-refractivity contribution >= 4 is 22.6 Å². The van der Waals surface area contributed by atoms with Crippen LogP contribution in [0.5, 0.6) is 0 Å². The van der Waals surface area contributed by atoms with E-state index in [2.05, 4.69) is 42.5 Å². The van der Waals surface area contributed by atoms with Gasteiger partial charge in [-0.3, -0.25) is 0 Å². The SMILES string of the molecule is ICC(CCCc1ncc[nH]1)CCc1ncc[nH]1. The lowest BCUT2D eigenvalue weighted by Crippen LogP contribution is -2.05. The smallest absolute Gasteiger partial charge is 0.106 e. The summed E-state index contributed by atoms with van der Waals surface area (Å²) < 4.78 is 1.22. The first-order valence-electron chi connectivity index (χ1n) is 6.41. The number of H-pyrrole nitrogens is 2. The van der Waals surface area contributed by atoms with Gasteiger partial charge in [0.25, 0.3) is 0 Å². The fourth-order valence-corrected chi connectivity index (χ4v) is 2.95. The van der Waals surface area contributed by atoms with Crippen LogP contribution in [-0.2, 0) is 12.8 Å². The van der Waals surface area contributed by atoms with Crippen molar-refractivity contribution in [1.82, 2.24) is 19.9 Å². The number of rotatable bonds is 8. The van der Waals surface area contributed by atoms with Gasteiger partial charge < -0.3 is 9.97 Å². The average molecular weight is 358 g/mol. The van der Waals surface area contributed by atoms with Gasteiger partial charge in [0.1, 0.15) is 11.6 Å². The van der Waals surface area contributed by atoms with Gasteiger partial charge in [-0.2, -0.15) is 0 Å². The largest absolute Gasteiger partial charge is 0.349 e. The summed E-state index contributed by atoms with van der Waals surface area (Å²) in [4.78, 5) is 14.8. The summed E-state index contributed by atoms with van der Waals surface area (Å²) >= 11 is 2.49. The van der Waals surface area contributed by atoms with Crippen molar-refractivity contribution in [1.29, 1.82) is 0 Å². The third-order valence-electron chi connectivity index (χ3n) is 3.14. The molecular formula is C13H19IN4. The van der Waals surface area contributed by atoms with E-state index in [1.54, 1.807) is 0 Å². The summed E-state index contributed by atoms with van der Waals surface area (Å²) in [6, 6.07) is 0. The normalized spacial score (nSPS) is 12.7. The maximum atomic E-state index is 4.27. The summed E-state index contributed by atoms with van der Waals surface area (Å²) in [5, 5.41) is 0. The zero-order valence-corrected chi connectivity index (χ0v) is 12.6. The fourth-order valence-electron chi connectivity index (χ4n) is 2.07. The first kappa shape index (κ1) is 13.6. The van der Waals surface area contributed by atoms with Crippen molar-refractivity contribution in [2.75, 3.05) is 4.43 Å². The van der Waals surface area contributed by atoms with Gasteiger partial charge in [-0.05, 0) is 25.2 Å². The number of hydrogen-bond acceptors (Lipinski definition) is 2. The molecule has 0 aliphatic heterocycles. The Kier molecular flexibility index (Phi) is 5.70. The van der Waals surface area contributed by atoms with E-state index in [1.165, 1.54) is 23.7 Å². The first-order chi connectivity index (χ1) is 8.88. The molecule has 0 saturated carbocycles. The standard InChI is InChI=1S/C13H19IN4/c14-10-11(4-5-13-17-8-9-18-13)2-1-3-12-15-6-7-16-12/h6-9,11H,1-5,10H2,(H,15,16)(H,17,18). The number of aromatic amines is 2. The Bertz CT molecular complexity index is 410. The number of aromatic nitrogens is 4. The molecule has 5 heteroatoms. The Balaban J connectivity index is 1.65. The zero-order chi connectivity index (χ0) is 12.6. The molecule has 0 fully saturated rings. The van der Waals surface area contributed by atoms with Crippen LogP contribution in [0.3, 0.4) is 0 Å². The highest BCUT2D eigenvalue weighted by molar-refractivity contribution is 14.1. The summed E-state index contributed by atoms with van der Waals surface area (Å²) in [7, 11) is 0. The van der Waals surface area contributed by atoms with Crippen LogP contribution in [0, 0.1) is 5.92 Å². The number of alkyl halides is 1. The van der Waals surface area contributed by atoms with Crippen molar-refractivity contribution in [3.63, 3.8) is 0 Å². The molecule has 0 amide bonds. The molecule has 0 radical (unpaired) electrons. The molecular weight excluding hydrogens is 339 g/mol. The maximum absolute atomic E-state index is 4.27. The average Bonchev–Trinajstić information content (AvgIpc) is 3.06. The fraction of sp³-hybridized carbons (Fsp3) is 0.538. The predicted molar refractivity (Wildman–Crippen MR) is 80.8 cm³/mol. The number of hydrogen-bond donors (Lipinski definition) is 2. The van der Waals surface area contributed by atoms with Crippen LogP contribution in [0.25, 0.3) is 0 Å². The summed E-state index contributed by atoms with van der Waals surface area (Å²) in [5.74, 6) is 3.00. The Morgan fingerprint density at radius 2 is 1.67 bits per heavy atom. The van der Waals surface area contributed by atoms with Gasteiger partial charge in [0.05, 0.1) is 0 Å². The minimum atomic E-state index is 0.783. The Morgan fingerprint density at radius 1 is 1.00 bits per heavy atom. The van der Waals surface area contributed by atoms with Crippen LogP contribution in [0.15, 0.2) is 24.8 Å². The number of aryl methyl sites for hydroxylation is 2. The number of nitrogens with zero attached hydrogens (tertiary/aromatic N) is 2. The van der Waals surface area contributed by atoms with Crippen LogP contribution in [0.4, 0.5) is 0 Å². The zero-order valence-electron chi connectivity index (χ0n) is 10.4. The van der Waals surface area contributed by atoms with Crippen LogP contribution >= 0.6 is 22.6 Å². The summed E-state index contributed by atoms with van der Waals surface area (Å²) in [6.07, 6.45) is 13.2. The van der Waals surface area contributed by atoms with E-state index in [1.807, 2.05) is 24.8 Å². The highest BCUT2D eigenvalue weighted by Crippen LogP contribution is 2.17. The molecule has 0 saturated heterocycles. The van der Waals surface area contributed by atoms with Crippen molar-refractivity contribution in [3.05, 3.63) is 36.4 Å². The van der Waals surface area contributed by atoms with E-state index in [0.29, 0.717) is 0 Å². The molecule has 0 aliphatic rings. The molecule has 4 nitrogen and oxygen atoms in total. The molecule has 0 aliphatic carbocycles. The molecule has 0 bridgehead atoms. The highest BCUT2D eigenvalue weighted by atomic mass is 127. The molecule has 2 N–H and O–H groups in total. The van der Waals surface area contributed by atoms with Crippen LogP contribution in [0.1, 0.15) is 30.9 Å². The van der Waals surface area contributed by atoms with E-state index in [0.717, 1.165) is 30.4 Å². The summed E-state index contributed by atoms with van der Waals surface area (Å²) in [6.45, 7) is 0. The van der Waals surface area contributed by atoms with Gasteiger partial charge in [-0.25, -0.2) is 9.97 Å². The molecule has 2 aromatic rings. The van der Waals surface area contributed by atoms with Gasteiger partial charge >= 0.3 is 0 Å². The molecule has 2 rings (SSSR count). The minimum absolute atomic E-state index is 0.783. The minimum Gasteiger partial charge on any atom is -0.349 e. The van der Waals surface area contributed by atoms with Crippen LogP contribution in [-0.4, -0.2) is 24.4 Å².